The molecule has 1 amide bonds. The number of pyridine rings is 1. The summed E-state index contributed by atoms with van der Waals surface area (Å²) in [5.74, 6) is 0.0868. The molecular formula is C12H18N4O. The lowest BCUT2D eigenvalue weighted by Gasteiger charge is -2.32. The van der Waals surface area contributed by atoms with Crippen molar-refractivity contribution in [2.75, 3.05) is 19.6 Å². The van der Waals surface area contributed by atoms with Crippen molar-refractivity contribution < 1.29 is 4.79 Å². The second kappa shape index (κ2) is 5.75. The molecule has 17 heavy (non-hydrogen) atoms. The van der Waals surface area contributed by atoms with E-state index in [1.807, 2.05) is 12.1 Å². The molecule has 0 spiro atoms. The van der Waals surface area contributed by atoms with Crippen molar-refractivity contribution in [3.8, 4) is 0 Å². The third-order valence-corrected chi connectivity index (χ3v) is 2.88. The summed E-state index contributed by atoms with van der Waals surface area (Å²) in [7, 11) is 0. The summed E-state index contributed by atoms with van der Waals surface area (Å²) in [5.41, 5.74) is 6.71. The van der Waals surface area contributed by atoms with E-state index in [1.54, 1.807) is 12.4 Å². The van der Waals surface area contributed by atoms with Crippen LogP contribution in [0.4, 0.5) is 0 Å². The number of carbonyl (C=O) groups excluding carboxylic acids is 1. The Kier molecular flexibility index (Phi) is 4.06. The number of nitrogens with one attached hydrogen (secondary N) is 1. The molecule has 1 fully saturated rings. The van der Waals surface area contributed by atoms with Crippen molar-refractivity contribution >= 4 is 5.91 Å². The number of amides is 1. The minimum atomic E-state index is 0.0868. The van der Waals surface area contributed by atoms with Crippen molar-refractivity contribution in [2.45, 2.75) is 19.0 Å². The van der Waals surface area contributed by atoms with Crippen molar-refractivity contribution in [1.82, 2.24) is 15.2 Å². The molecule has 0 radical (unpaired) electrons. The molecule has 1 atom stereocenters. The molecule has 1 unspecified atom stereocenters. The van der Waals surface area contributed by atoms with Crippen LogP contribution in [0.5, 0.6) is 0 Å². The Bertz CT molecular complexity index is 368. The quantitative estimate of drug-likeness (QED) is 0.752. The molecule has 1 aliphatic heterocycles. The van der Waals surface area contributed by atoms with Gasteiger partial charge in [0.05, 0.1) is 6.54 Å². The number of hydrogen-bond acceptors (Lipinski definition) is 4. The molecule has 5 nitrogen and oxygen atoms in total. The first-order valence-corrected chi connectivity index (χ1v) is 5.88. The topological polar surface area (TPSA) is 71.2 Å². The van der Waals surface area contributed by atoms with Crippen LogP contribution in [0, 0.1) is 0 Å². The van der Waals surface area contributed by atoms with Crippen LogP contribution in [-0.2, 0) is 11.3 Å². The molecular weight excluding hydrogens is 216 g/mol. The molecule has 92 valence electrons. The lowest BCUT2D eigenvalue weighted by Crippen LogP contribution is -2.54. The van der Waals surface area contributed by atoms with Gasteiger partial charge in [0, 0.05) is 31.5 Å². The fourth-order valence-electron chi connectivity index (χ4n) is 2.13. The Labute approximate surface area is 101 Å². The summed E-state index contributed by atoms with van der Waals surface area (Å²) >= 11 is 0. The van der Waals surface area contributed by atoms with E-state index in [0.717, 1.165) is 19.5 Å². The highest BCUT2D eigenvalue weighted by Crippen LogP contribution is 2.08. The van der Waals surface area contributed by atoms with E-state index in [1.165, 1.54) is 5.56 Å². The van der Waals surface area contributed by atoms with Crippen LogP contribution in [-0.4, -0.2) is 41.5 Å². The van der Waals surface area contributed by atoms with Gasteiger partial charge in [0.15, 0.2) is 0 Å². The SMILES string of the molecule is NCCC1CN(Cc2ccncc2)CC(=O)N1. The van der Waals surface area contributed by atoms with E-state index in [0.29, 0.717) is 13.1 Å². The monoisotopic (exact) mass is 234 g/mol. The number of nitrogens with two attached hydrogens (primary N) is 1. The maximum Gasteiger partial charge on any atom is 0.234 e. The molecule has 3 N–H and O–H groups in total. The predicted octanol–water partition coefficient (Wildman–Crippen LogP) is -0.269. The summed E-state index contributed by atoms with van der Waals surface area (Å²) in [6, 6.07) is 4.14. The molecule has 0 bridgehead atoms. The summed E-state index contributed by atoms with van der Waals surface area (Å²) in [4.78, 5) is 17.7. The van der Waals surface area contributed by atoms with Gasteiger partial charge in [0.25, 0.3) is 0 Å². The fraction of sp³-hybridized carbons (Fsp3) is 0.500. The standard InChI is InChI=1S/C12H18N4O/c13-4-1-11-8-16(9-12(17)15-11)7-10-2-5-14-6-3-10/h2-3,5-6,11H,1,4,7-9,13H2,(H,15,17). The number of carbonyl (C=O) groups is 1. The normalized spacial score (nSPS) is 21.2. The molecule has 5 heteroatoms. The Morgan fingerprint density at radius 2 is 2.24 bits per heavy atom. The second-order valence-electron chi connectivity index (χ2n) is 4.37. The number of piperazine rings is 1. The Balaban J connectivity index is 1.94. The number of nitrogens with zero attached hydrogens (tertiary/aromatic N) is 2. The summed E-state index contributed by atoms with van der Waals surface area (Å²) in [6.07, 6.45) is 4.38. The molecule has 1 saturated heterocycles. The first-order chi connectivity index (χ1) is 8.28. The van der Waals surface area contributed by atoms with E-state index < -0.39 is 0 Å². The average Bonchev–Trinajstić information content (AvgIpc) is 2.30. The lowest BCUT2D eigenvalue weighted by molar-refractivity contribution is -0.125. The van der Waals surface area contributed by atoms with Crippen LogP contribution in [0.25, 0.3) is 0 Å². The molecule has 2 heterocycles. The first kappa shape index (κ1) is 12.0. The molecule has 2 rings (SSSR count). The number of rotatable bonds is 4. The second-order valence-corrected chi connectivity index (χ2v) is 4.37. The summed E-state index contributed by atoms with van der Waals surface area (Å²) in [5, 5.41) is 2.96. The Hall–Kier alpha value is -1.46. The van der Waals surface area contributed by atoms with Crippen LogP contribution >= 0.6 is 0 Å². The van der Waals surface area contributed by atoms with Crippen molar-refractivity contribution in [2.24, 2.45) is 5.73 Å². The molecule has 1 aliphatic rings. The zero-order valence-corrected chi connectivity index (χ0v) is 9.80. The van der Waals surface area contributed by atoms with E-state index in [-0.39, 0.29) is 11.9 Å². The summed E-state index contributed by atoms with van der Waals surface area (Å²) in [6.45, 7) is 2.72. The largest absolute Gasteiger partial charge is 0.351 e. The van der Waals surface area contributed by atoms with Gasteiger partial charge in [-0.05, 0) is 30.7 Å². The molecule has 0 aliphatic carbocycles. The highest BCUT2D eigenvalue weighted by molar-refractivity contribution is 5.79. The molecule has 0 aromatic carbocycles. The van der Waals surface area contributed by atoms with Gasteiger partial charge in [-0.15, -0.1) is 0 Å². The van der Waals surface area contributed by atoms with Crippen molar-refractivity contribution in [1.29, 1.82) is 0 Å². The van der Waals surface area contributed by atoms with Crippen LogP contribution in [0.2, 0.25) is 0 Å². The van der Waals surface area contributed by atoms with Gasteiger partial charge in [-0.2, -0.15) is 0 Å². The maximum atomic E-state index is 11.5. The zero-order valence-electron chi connectivity index (χ0n) is 9.80. The van der Waals surface area contributed by atoms with Crippen LogP contribution in [0.1, 0.15) is 12.0 Å². The van der Waals surface area contributed by atoms with E-state index >= 15 is 0 Å². The van der Waals surface area contributed by atoms with E-state index in [9.17, 15) is 4.79 Å². The van der Waals surface area contributed by atoms with Gasteiger partial charge in [-0.1, -0.05) is 0 Å². The molecule has 1 aromatic heterocycles. The average molecular weight is 234 g/mol. The Morgan fingerprint density at radius 1 is 1.47 bits per heavy atom. The number of aromatic nitrogens is 1. The minimum absolute atomic E-state index is 0.0868. The third kappa shape index (κ3) is 3.51. The van der Waals surface area contributed by atoms with Crippen molar-refractivity contribution in [3.63, 3.8) is 0 Å². The van der Waals surface area contributed by atoms with E-state index in [2.05, 4.69) is 15.2 Å². The number of hydrogen-bond donors (Lipinski definition) is 2. The molecule has 0 saturated carbocycles. The molecule has 1 aromatic rings. The van der Waals surface area contributed by atoms with Gasteiger partial charge in [0.1, 0.15) is 0 Å². The van der Waals surface area contributed by atoms with Gasteiger partial charge in [-0.25, -0.2) is 0 Å². The summed E-state index contributed by atoms with van der Waals surface area (Å²) < 4.78 is 0. The lowest BCUT2D eigenvalue weighted by atomic mass is 10.1. The Morgan fingerprint density at radius 3 is 2.94 bits per heavy atom. The van der Waals surface area contributed by atoms with E-state index in [4.69, 9.17) is 5.73 Å². The maximum absolute atomic E-state index is 11.5. The van der Waals surface area contributed by atoms with Crippen molar-refractivity contribution in [3.05, 3.63) is 30.1 Å². The first-order valence-electron chi connectivity index (χ1n) is 5.88. The van der Waals surface area contributed by atoms with Crippen LogP contribution in [0.3, 0.4) is 0 Å². The zero-order chi connectivity index (χ0) is 12.1. The van der Waals surface area contributed by atoms with Crippen LogP contribution < -0.4 is 11.1 Å². The third-order valence-electron chi connectivity index (χ3n) is 2.88. The van der Waals surface area contributed by atoms with Gasteiger partial charge in [0.2, 0.25) is 5.91 Å². The minimum Gasteiger partial charge on any atom is -0.351 e. The van der Waals surface area contributed by atoms with Gasteiger partial charge < -0.3 is 11.1 Å². The van der Waals surface area contributed by atoms with Gasteiger partial charge in [-0.3, -0.25) is 14.7 Å². The fourth-order valence-corrected chi connectivity index (χ4v) is 2.13. The van der Waals surface area contributed by atoms with Crippen LogP contribution in [0.15, 0.2) is 24.5 Å². The highest BCUT2D eigenvalue weighted by Gasteiger charge is 2.23. The highest BCUT2D eigenvalue weighted by atomic mass is 16.2. The van der Waals surface area contributed by atoms with Gasteiger partial charge >= 0.3 is 0 Å². The smallest absolute Gasteiger partial charge is 0.234 e. The predicted molar refractivity (Wildman–Crippen MR) is 65.1 cm³/mol.